The lowest BCUT2D eigenvalue weighted by atomic mass is 9.95. The molecule has 2 aliphatic rings. The molecule has 1 aliphatic carbocycles. The highest BCUT2D eigenvalue weighted by atomic mass is 35.5. The van der Waals surface area contributed by atoms with Gasteiger partial charge >= 0.3 is 0 Å². The van der Waals surface area contributed by atoms with Gasteiger partial charge in [0.15, 0.2) is 0 Å². The summed E-state index contributed by atoms with van der Waals surface area (Å²) in [6.45, 7) is 0.170. The SMILES string of the molecule is O=C1CCN(c2cc(Cl)ccc2F)C(=O)C2(CCCC2)N1. The fourth-order valence-corrected chi connectivity index (χ4v) is 3.36. The van der Waals surface area contributed by atoms with Gasteiger partial charge in [0.1, 0.15) is 11.4 Å². The zero-order valence-corrected chi connectivity index (χ0v) is 12.3. The molecule has 1 heterocycles. The Kier molecular flexibility index (Phi) is 3.61. The van der Waals surface area contributed by atoms with Gasteiger partial charge in [-0.25, -0.2) is 4.39 Å². The second-order valence-electron chi connectivity index (χ2n) is 5.64. The average Bonchev–Trinajstić information content (AvgIpc) is 2.87. The number of halogens is 2. The van der Waals surface area contributed by atoms with E-state index in [1.165, 1.54) is 23.1 Å². The highest BCUT2D eigenvalue weighted by Gasteiger charge is 2.47. The molecule has 0 unspecified atom stereocenters. The summed E-state index contributed by atoms with van der Waals surface area (Å²) in [4.78, 5) is 26.2. The molecule has 0 atom stereocenters. The van der Waals surface area contributed by atoms with Gasteiger partial charge in [-0.2, -0.15) is 0 Å². The number of benzene rings is 1. The van der Waals surface area contributed by atoms with E-state index in [2.05, 4.69) is 5.32 Å². The van der Waals surface area contributed by atoms with Crippen molar-refractivity contribution in [3.8, 4) is 0 Å². The first kappa shape index (κ1) is 14.3. The van der Waals surface area contributed by atoms with Gasteiger partial charge < -0.3 is 10.2 Å². The summed E-state index contributed by atoms with van der Waals surface area (Å²) < 4.78 is 14.1. The summed E-state index contributed by atoms with van der Waals surface area (Å²) in [7, 11) is 0. The number of hydrogen-bond acceptors (Lipinski definition) is 2. The first-order chi connectivity index (χ1) is 10.0. The Morgan fingerprint density at radius 1 is 1.24 bits per heavy atom. The molecule has 0 radical (unpaired) electrons. The van der Waals surface area contributed by atoms with Gasteiger partial charge in [-0.1, -0.05) is 24.4 Å². The van der Waals surface area contributed by atoms with Crippen LogP contribution in [0.15, 0.2) is 18.2 Å². The van der Waals surface area contributed by atoms with E-state index < -0.39 is 11.4 Å². The third kappa shape index (κ3) is 2.50. The fraction of sp³-hybridized carbons (Fsp3) is 0.467. The van der Waals surface area contributed by atoms with Gasteiger partial charge in [-0.3, -0.25) is 9.59 Å². The molecule has 1 spiro atoms. The zero-order valence-electron chi connectivity index (χ0n) is 11.5. The minimum Gasteiger partial charge on any atom is -0.342 e. The van der Waals surface area contributed by atoms with E-state index in [9.17, 15) is 14.0 Å². The quantitative estimate of drug-likeness (QED) is 0.867. The molecular weight excluding hydrogens is 295 g/mol. The second-order valence-corrected chi connectivity index (χ2v) is 6.08. The summed E-state index contributed by atoms with van der Waals surface area (Å²) in [5, 5.41) is 3.22. The van der Waals surface area contributed by atoms with Gasteiger partial charge in [0.05, 0.1) is 5.69 Å². The normalized spacial score (nSPS) is 21.5. The van der Waals surface area contributed by atoms with Crippen molar-refractivity contribution in [2.45, 2.75) is 37.6 Å². The molecule has 4 nitrogen and oxygen atoms in total. The third-order valence-electron chi connectivity index (χ3n) is 4.25. The van der Waals surface area contributed by atoms with Crippen molar-refractivity contribution in [2.75, 3.05) is 11.4 Å². The first-order valence-electron chi connectivity index (χ1n) is 7.10. The number of carbonyl (C=O) groups is 2. The van der Waals surface area contributed by atoms with Crippen molar-refractivity contribution in [3.05, 3.63) is 29.0 Å². The Balaban J connectivity index is 2.02. The van der Waals surface area contributed by atoms with Crippen LogP contribution in [0.4, 0.5) is 10.1 Å². The Morgan fingerprint density at radius 3 is 2.67 bits per heavy atom. The number of carbonyl (C=O) groups excluding carboxylic acids is 2. The molecule has 1 saturated heterocycles. The summed E-state index contributed by atoms with van der Waals surface area (Å²) in [5.74, 6) is -0.891. The number of amides is 2. The Bertz CT molecular complexity index is 599. The predicted octanol–water partition coefficient (Wildman–Crippen LogP) is 2.64. The van der Waals surface area contributed by atoms with Crippen LogP contribution in [-0.4, -0.2) is 23.9 Å². The van der Waals surface area contributed by atoms with Crippen LogP contribution in [0.1, 0.15) is 32.1 Å². The number of nitrogens with zero attached hydrogens (tertiary/aromatic N) is 1. The molecular formula is C15H16ClFN2O2. The van der Waals surface area contributed by atoms with E-state index >= 15 is 0 Å². The van der Waals surface area contributed by atoms with E-state index in [1.54, 1.807) is 0 Å². The van der Waals surface area contributed by atoms with E-state index in [-0.39, 0.29) is 30.5 Å². The highest BCUT2D eigenvalue weighted by molar-refractivity contribution is 6.31. The van der Waals surface area contributed by atoms with Gasteiger partial charge in [-0.15, -0.1) is 0 Å². The summed E-state index contributed by atoms with van der Waals surface area (Å²) >= 11 is 5.92. The van der Waals surface area contributed by atoms with Crippen molar-refractivity contribution >= 4 is 29.1 Å². The fourth-order valence-electron chi connectivity index (χ4n) is 3.20. The maximum atomic E-state index is 14.1. The molecule has 1 saturated carbocycles. The largest absolute Gasteiger partial charge is 0.342 e. The molecule has 21 heavy (non-hydrogen) atoms. The van der Waals surface area contributed by atoms with E-state index in [4.69, 9.17) is 11.6 Å². The molecule has 1 N–H and O–H groups in total. The molecule has 2 fully saturated rings. The Morgan fingerprint density at radius 2 is 1.95 bits per heavy atom. The van der Waals surface area contributed by atoms with Crippen molar-refractivity contribution in [2.24, 2.45) is 0 Å². The summed E-state index contributed by atoms with van der Waals surface area (Å²) in [6.07, 6.45) is 3.15. The molecule has 6 heteroatoms. The van der Waals surface area contributed by atoms with E-state index in [1.807, 2.05) is 0 Å². The van der Waals surface area contributed by atoms with Crippen molar-refractivity contribution in [1.82, 2.24) is 5.32 Å². The maximum absolute atomic E-state index is 14.1. The Labute approximate surface area is 127 Å². The second kappa shape index (κ2) is 5.30. The van der Waals surface area contributed by atoms with E-state index in [0.717, 1.165) is 12.8 Å². The zero-order chi connectivity index (χ0) is 15.0. The van der Waals surface area contributed by atoms with Crippen molar-refractivity contribution < 1.29 is 14.0 Å². The molecule has 0 bridgehead atoms. The predicted molar refractivity (Wildman–Crippen MR) is 77.7 cm³/mol. The number of anilines is 1. The van der Waals surface area contributed by atoms with Gasteiger partial charge in [0, 0.05) is 18.0 Å². The van der Waals surface area contributed by atoms with Crippen molar-refractivity contribution in [1.29, 1.82) is 0 Å². The smallest absolute Gasteiger partial charge is 0.252 e. The molecule has 0 aromatic heterocycles. The molecule has 3 rings (SSSR count). The molecule has 1 aliphatic heterocycles. The first-order valence-corrected chi connectivity index (χ1v) is 7.48. The maximum Gasteiger partial charge on any atom is 0.252 e. The van der Waals surface area contributed by atoms with Crippen LogP contribution in [-0.2, 0) is 9.59 Å². The van der Waals surface area contributed by atoms with Gasteiger partial charge in [0.2, 0.25) is 5.91 Å². The molecule has 112 valence electrons. The van der Waals surface area contributed by atoms with Gasteiger partial charge in [0.25, 0.3) is 5.91 Å². The van der Waals surface area contributed by atoms with Gasteiger partial charge in [-0.05, 0) is 31.0 Å². The van der Waals surface area contributed by atoms with Crippen LogP contribution in [0.25, 0.3) is 0 Å². The summed E-state index contributed by atoms with van der Waals surface area (Å²) in [6, 6.07) is 4.12. The van der Waals surface area contributed by atoms with Crippen LogP contribution in [0.3, 0.4) is 0 Å². The standard InChI is InChI=1S/C15H16ClFN2O2/c16-10-3-4-11(17)12(9-10)19-8-5-13(20)18-15(14(19)21)6-1-2-7-15/h3-4,9H,1-2,5-8H2,(H,18,20). The lowest BCUT2D eigenvalue weighted by molar-refractivity contribution is -0.129. The Hall–Kier alpha value is -1.62. The monoisotopic (exact) mass is 310 g/mol. The van der Waals surface area contributed by atoms with Crippen LogP contribution in [0, 0.1) is 5.82 Å². The number of hydrogen-bond donors (Lipinski definition) is 1. The average molecular weight is 311 g/mol. The third-order valence-corrected chi connectivity index (χ3v) is 4.49. The van der Waals surface area contributed by atoms with E-state index in [0.29, 0.717) is 17.9 Å². The lowest BCUT2D eigenvalue weighted by Crippen LogP contribution is -2.55. The van der Waals surface area contributed by atoms with Crippen LogP contribution < -0.4 is 10.2 Å². The molecule has 2 amide bonds. The number of rotatable bonds is 1. The van der Waals surface area contributed by atoms with Crippen LogP contribution >= 0.6 is 11.6 Å². The van der Waals surface area contributed by atoms with Crippen LogP contribution in [0.5, 0.6) is 0 Å². The van der Waals surface area contributed by atoms with Crippen molar-refractivity contribution in [3.63, 3.8) is 0 Å². The molecule has 1 aromatic rings. The van der Waals surface area contributed by atoms with Crippen LogP contribution in [0.2, 0.25) is 5.02 Å². The number of nitrogens with one attached hydrogen (secondary N) is 1. The minimum absolute atomic E-state index is 0.148. The minimum atomic E-state index is -0.873. The lowest BCUT2D eigenvalue weighted by Gasteiger charge is -2.32. The molecule has 1 aromatic carbocycles. The topological polar surface area (TPSA) is 49.4 Å². The summed E-state index contributed by atoms with van der Waals surface area (Å²) in [5.41, 5.74) is -0.724. The highest BCUT2D eigenvalue weighted by Crippen LogP contribution is 2.35.